The number of rotatable bonds is 7. The molecule has 0 spiro atoms. The Labute approximate surface area is 174 Å². The number of morpholine rings is 1. The fourth-order valence-corrected chi connectivity index (χ4v) is 3.29. The maximum Gasteiger partial charge on any atom is 0.257 e. The van der Waals surface area contributed by atoms with Crippen LogP contribution in [0.4, 0.5) is 5.69 Å². The Balaban J connectivity index is 1.37. The first kappa shape index (κ1) is 21.2. The lowest BCUT2D eigenvalue weighted by atomic mass is 9.87. The Kier molecular flexibility index (Phi) is 7.15. The van der Waals surface area contributed by atoms with Gasteiger partial charge in [-0.1, -0.05) is 45.0 Å². The van der Waals surface area contributed by atoms with Gasteiger partial charge in [0, 0.05) is 25.3 Å². The maximum atomic E-state index is 12.0. The van der Waals surface area contributed by atoms with Crippen molar-refractivity contribution in [1.82, 2.24) is 5.32 Å². The van der Waals surface area contributed by atoms with Gasteiger partial charge in [0.1, 0.15) is 5.75 Å². The topological polar surface area (TPSA) is 50.8 Å². The van der Waals surface area contributed by atoms with Crippen LogP contribution in [0.2, 0.25) is 0 Å². The fourth-order valence-electron chi connectivity index (χ4n) is 3.29. The van der Waals surface area contributed by atoms with Crippen molar-refractivity contribution in [2.45, 2.75) is 32.6 Å². The minimum absolute atomic E-state index is 0.0326. The van der Waals surface area contributed by atoms with Crippen LogP contribution in [-0.4, -0.2) is 45.4 Å². The summed E-state index contributed by atoms with van der Waals surface area (Å²) in [5, 5.41) is 2.92. The minimum Gasteiger partial charge on any atom is -0.484 e. The van der Waals surface area contributed by atoms with Gasteiger partial charge < -0.3 is 19.7 Å². The van der Waals surface area contributed by atoms with E-state index >= 15 is 0 Å². The highest BCUT2D eigenvalue weighted by Crippen LogP contribution is 2.24. The molecule has 3 rings (SSSR count). The van der Waals surface area contributed by atoms with E-state index in [4.69, 9.17) is 9.47 Å². The van der Waals surface area contributed by atoms with Crippen LogP contribution in [0.25, 0.3) is 0 Å². The average Bonchev–Trinajstić information content (AvgIpc) is 2.73. The van der Waals surface area contributed by atoms with E-state index < -0.39 is 0 Å². The summed E-state index contributed by atoms with van der Waals surface area (Å²) in [7, 11) is 0. The zero-order chi connectivity index (χ0) is 20.7. The van der Waals surface area contributed by atoms with E-state index in [2.05, 4.69) is 55.3 Å². The summed E-state index contributed by atoms with van der Waals surface area (Å²) in [6.07, 6.45) is 0.801. The second-order valence-electron chi connectivity index (χ2n) is 8.43. The molecule has 0 saturated carbocycles. The van der Waals surface area contributed by atoms with Gasteiger partial charge in [0.2, 0.25) is 0 Å². The first-order valence-electron chi connectivity index (χ1n) is 10.3. The molecule has 0 aromatic heterocycles. The molecule has 5 heteroatoms. The number of ether oxygens (including phenoxy) is 2. The zero-order valence-electron chi connectivity index (χ0n) is 17.7. The first-order chi connectivity index (χ1) is 13.9. The number of carbonyl (C=O) groups excluding carboxylic acids is 1. The van der Waals surface area contributed by atoms with Gasteiger partial charge in [0.15, 0.2) is 6.61 Å². The number of nitrogens with one attached hydrogen (secondary N) is 1. The van der Waals surface area contributed by atoms with Crippen molar-refractivity contribution in [3.63, 3.8) is 0 Å². The highest BCUT2D eigenvalue weighted by Gasteiger charge is 2.13. The van der Waals surface area contributed by atoms with Gasteiger partial charge in [0.05, 0.1) is 13.2 Å². The van der Waals surface area contributed by atoms with Crippen molar-refractivity contribution >= 4 is 11.6 Å². The van der Waals surface area contributed by atoms with Gasteiger partial charge >= 0.3 is 0 Å². The molecule has 1 aliphatic rings. The van der Waals surface area contributed by atoms with Crippen molar-refractivity contribution in [3.05, 3.63) is 59.7 Å². The molecular formula is C24H32N2O3. The normalized spacial score (nSPS) is 14.5. The van der Waals surface area contributed by atoms with Gasteiger partial charge in [-0.15, -0.1) is 0 Å². The van der Waals surface area contributed by atoms with E-state index in [-0.39, 0.29) is 17.9 Å². The number of hydrogen-bond acceptors (Lipinski definition) is 4. The van der Waals surface area contributed by atoms with Crippen molar-refractivity contribution in [1.29, 1.82) is 0 Å². The molecule has 1 heterocycles. The minimum atomic E-state index is -0.102. The van der Waals surface area contributed by atoms with E-state index in [9.17, 15) is 4.79 Å². The van der Waals surface area contributed by atoms with Crippen molar-refractivity contribution < 1.29 is 14.3 Å². The third kappa shape index (κ3) is 6.50. The Bertz CT molecular complexity index is 773. The monoisotopic (exact) mass is 396 g/mol. The largest absolute Gasteiger partial charge is 0.484 e. The van der Waals surface area contributed by atoms with Crippen LogP contribution in [-0.2, 0) is 21.4 Å². The van der Waals surface area contributed by atoms with Crippen molar-refractivity contribution in [2.75, 3.05) is 44.4 Å². The Morgan fingerprint density at radius 1 is 1.03 bits per heavy atom. The maximum absolute atomic E-state index is 12.0. The quantitative estimate of drug-likeness (QED) is 0.778. The van der Waals surface area contributed by atoms with E-state index in [0.717, 1.165) is 32.7 Å². The SMILES string of the molecule is CC(C)(C)c1ccc(OCC(=O)NCCc2ccc(N3CCOCC3)cc2)cc1. The molecule has 0 unspecified atom stereocenters. The molecule has 0 atom stereocenters. The van der Waals surface area contributed by atoms with Gasteiger partial charge in [-0.2, -0.15) is 0 Å². The van der Waals surface area contributed by atoms with Gasteiger partial charge in [-0.05, 0) is 47.2 Å². The summed E-state index contributed by atoms with van der Waals surface area (Å²) >= 11 is 0. The number of carbonyl (C=O) groups is 1. The average molecular weight is 397 g/mol. The lowest BCUT2D eigenvalue weighted by molar-refractivity contribution is -0.123. The number of benzene rings is 2. The molecule has 1 aliphatic heterocycles. The van der Waals surface area contributed by atoms with Crippen LogP contribution in [0.1, 0.15) is 31.9 Å². The van der Waals surface area contributed by atoms with Crippen LogP contribution in [0, 0.1) is 0 Å². The molecule has 0 aliphatic carbocycles. The van der Waals surface area contributed by atoms with E-state index in [1.54, 1.807) is 0 Å². The Morgan fingerprint density at radius 2 is 1.69 bits per heavy atom. The molecule has 156 valence electrons. The second-order valence-corrected chi connectivity index (χ2v) is 8.43. The number of amides is 1. The highest BCUT2D eigenvalue weighted by molar-refractivity contribution is 5.77. The van der Waals surface area contributed by atoms with Crippen LogP contribution in [0.3, 0.4) is 0 Å². The Hall–Kier alpha value is -2.53. The molecule has 1 saturated heterocycles. The van der Waals surface area contributed by atoms with E-state index in [1.165, 1.54) is 16.8 Å². The number of hydrogen-bond donors (Lipinski definition) is 1. The lowest BCUT2D eigenvalue weighted by Crippen LogP contribution is -2.36. The fraction of sp³-hybridized carbons (Fsp3) is 0.458. The summed E-state index contributed by atoms with van der Waals surface area (Å²) in [4.78, 5) is 14.4. The summed E-state index contributed by atoms with van der Waals surface area (Å²) < 4.78 is 11.0. The van der Waals surface area contributed by atoms with E-state index in [0.29, 0.717) is 12.3 Å². The molecular weight excluding hydrogens is 364 g/mol. The molecule has 29 heavy (non-hydrogen) atoms. The lowest BCUT2D eigenvalue weighted by Gasteiger charge is -2.28. The zero-order valence-corrected chi connectivity index (χ0v) is 17.7. The van der Waals surface area contributed by atoms with Crippen LogP contribution in [0.5, 0.6) is 5.75 Å². The van der Waals surface area contributed by atoms with Crippen LogP contribution < -0.4 is 15.0 Å². The smallest absolute Gasteiger partial charge is 0.257 e. The van der Waals surface area contributed by atoms with Gasteiger partial charge in [-0.3, -0.25) is 4.79 Å². The highest BCUT2D eigenvalue weighted by atomic mass is 16.5. The van der Waals surface area contributed by atoms with Crippen LogP contribution in [0.15, 0.2) is 48.5 Å². The third-order valence-corrected chi connectivity index (χ3v) is 5.14. The molecule has 1 N–H and O–H groups in total. The van der Waals surface area contributed by atoms with Crippen molar-refractivity contribution in [3.8, 4) is 5.75 Å². The van der Waals surface area contributed by atoms with Gasteiger partial charge in [-0.25, -0.2) is 0 Å². The summed E-state index contributed by atoms with van der Waals surface area (Å²) in [5.74, 6) is 0.613. The Morgan fingerprint density at radius 3 is 2.31 bits per heavy atom. The van der Waals surface area contributed by atoms with Crippen LogP contribution >= 0.6 is 0 Å². The van der Waals surface area contributed by atoms with Gasteiger partial charge in [0.25, 0.3) is 5.91 Å². The number of anilines is 1. The molecule has 0 bridgehead atoms. The summed E-state index contributed by atoms with van der Waals surface area (Å²) in [5.41, 5.74) is 3.79. The second kappa shape index (κ2) is 9.79. The third-order valence-electron chi connectivity index (χ3n) is 5.14. The summed E-state index contributed by atoms with van der Waals surface area (Å²) in [6, 6.07) is 16.5. The molecule has 5 nitrogen and oxygen atoms in total. The molecule has 1 amide bonds. The van der Waals surface area contributed by atoms with E-state index in [1.807, 2.05) is 24.3 Å². The molecule has 1 fully saturated rings. The molecule has 2 aromatic rings. The predicted molar refractivity (Wildman–Crippen MR) is 117 cm³/mol. The number of nitrogens with zero attached hydrogens (tertiary/aromatic N) is 1. The standard InChI is InChI=1S/C24H32N2O3/c1-24(2,3)20-6-10-22(11-7-20)29-18-23(27)25-13-12-19-4-8-21(9-5-19)26-14-16-28-17-15-26/h4-11H,12-18H2,1-3H3,(H,25,27). The molecule has 2 aromatic carbocycles. The molecule has 0 radical (unpaired) electrons. The van der Waals surface area contributed by atoms with Crippen molar-refractivity contribution in [2.24, 2.45) is 0 Å². The summed E-state index contributed by atoms with van der Waals surface area (Å²) in [6.45, 7) is 10.6. The predicted octanol–water partition coefficient (Wildman–Crippen LogP) is 3.56. The first-order valence-corrected chi connectivity index (χ1v) is 10.3.